The molecule has 0 amide bonds. The van der Waals surface area contributed by atoms with Gasteiger partial charge in [-0.25, -0.2) is 0 Å². The van der Waals surface area contributed by atoms with Gasteiger partial charge in [0.2, 0.25) is 0 Å². The summed E-state index contributed by atoms with van der Waals surface area (Å²) in [6, 6.07) is 38.8. The zero-order chi connectivity index (χ0) is 21.9. The van der Waals surface area contributed by atoms with Gasteiger partial charge >= 0.3 is 203 Å². The topological polar surface area (TPSA) is 17.1 Å². The summed E-state index contributed by atoms with van der Waals surface area (Å²) in [5.41, 5.74) is 0.408. The molecule has 4 aromatic carbocycles. The average molecular weight is 557 g/mol. The van der Waals surface area contributed by atoms with Gasteiger partial charge in [-0.2, -0.15) is 0 Å². The van der Waals surface area contributed by atoms with Crippen LogP contribution in [-0.2, 0) is 0 Å². The molecule has 1 atom stereocenters. The van der Waals surface area contributed by atoms with Crippen molar-refractivity contribution >= 4 is 59.6 Å². The molecule has 0 saturated heterocycles. The van der Waals surface area contributed by atoms with Gasteiger partial charge in [0.05, 0.1) is 0 Å². The minimum atomic E-state index is -3.22. The number of carbonyl (C=O) groups excluding carboxylic acids is 1. The molecule has 0 aromatic heterocycles. The van der Waals surface area contributed by atoms with Crippen molar-refractivity contribution in [2.24, 2.45) is 0 Å². The first-order valence-electron chi connectivity index (χ1n) is 10.2. The average Bonchev–Trinajstić information content (AvgIpc) is 2.85. The molecule has 4 heteroatoms. The summed E-state index contributed by atoms with van der Waals surface area (Å²) in [6.07, 6.45) is 0. The quantitative estimate of drug-likeness (QED) is 0.145. The molecule has 0 spiro atoms. The molecule has 156 valence electrons. The second-order valence-corrected chi connectivity index (χ2v) is 18.5. The zero-order valence-electron chi connectivity index (χ0n) is 17.2. The van der Waals surface area contributed by atoms with E-state index in [1.165, 1.54) is 15.9 Å². The summed E-state index contributed by atoms with van der Waals surface area (Å²) in [5, 5.41) is 4.22. The van der Waals surface area contributed by atoms with Crippen molar-refractivity contribution in [1.82, 2.24) is 0 Å². The number of carbonyl (C=O) groups is 1. The van der Waals surface area contributed by atoms with Crippen molar-refractivity contribution in [2.45, 2.75) is 12.6 Å². The Hall–Kier alpha value is -2.00. The van der Waals surface area contributed by atoms with Crippen molar-refractivity contribution in [1.29, 1.82) is 0 Å². The number of hydrogen-bond donors (Lipinski definition) is 0. The van der Waals surface area contributed by atoms with E-state index in [9.17, 15) is 4.79 Å². The number of benzene rings is 4. The van der Waals surface area contributed by atoms with Crippen molar-refractivity contribution in [2.75, 3.05) is 0 Å². The van der Waals surface area contributed by atoms with Crippen LogP contribution in [0.2, 0.25) is 5.02 Å². The van der Waals surface area contributed by atoms with Crippen LogP contribution < -0.4 is 15.9 Å². The van der Waals surface area contributed by atoms with Crippen LogP contribution in [0.15, 0.2) is 115 Å². The van der Waals surface area contributed by atoms with E-state index >= 15 is 0 Å². The molecule has 0 heterocycles. The summed E-state index contributed by atoms with van der Waals surface area (Å²) in [6.45, 7) is 2.09. The van der Waals surface area contributed by atoms with Crippen molar-refractivity contribution in [3.63, 3.8) is 0 Å². The first-order valence-corrected chi connectivity index (χ1v) is 15.6. The Morgan fingerprint density at radius 3 is 1.39 bits per heavy atom. The standard InChI is InChI=1S/C27H23ClIOP/c1-21(27(30)22-17-19-23(28)20-18-22)31(29,24-11-5-2-6-12-24,25-13-7-3-8-14-25)26-15-9-4-10-16-26/h2-21H,1H3. The van der Waals surface area contributed by atoms with Crippen LogP contribution >= 0.6 is 37.9 Å². The molecule has 0 N–H and O–H groups in total. The summed E-state index contributed by atoms with van der Waals surface area (Å²) >= 11 is 8.76. The number of hydrogen-bond acceptors (Lipinski definition) is 1. The monoisotopic (exact) mass is 556 g/mol. The molecule has 0 fully saturated rings. The minimum absolute atomic E-state index is 0.125. The molecule has 0 bridgehead atoms. The number of halogens is 2. The maximum atomic E-state index is 14.0. The Morgan fingerprint density at radius 2 is 1.03 bits per heavy atom. The Morgan fingerprint density at radius 1 is 0.677 bits per heavy atom. The summed E-state index contributed by atoms with van der Waals surface area (Å²) in [7, 11) is 0. The van der Waals surface area contributed by atoms with Crippen molar-refractivity contribution < 1.29 is 4.79 Å². The van der Waals surface area contributed by atoms with E-state index in [-0.39, 0.29) is 11.4 Å². The third kappa shape index (κ3) is 3.65. The molecular formula is C27H23ClIOP. The SMILES string of the molecule is CC(C(=O)c1ccc(Cl)cc1)P(I)(c1ccccc1)(c1ccccc1)c1ccccc1. The summed E-state index contributed by atoms with van der Waals surface area (Å²) < 4.78 is -3.22. The van der Waals surface area contributed by atoms with Gasteiger partial charge in [-0.1, -0.05) is 0 Å². The molecule has 31 heavy (non-hydrogen) atoms. The molecule has 4 aromatic rings. The molecule has 0 saturated carbocycles. The third-order valence-electron chi connectivity index (χ3n) is 6.02. The molecular weight excluding hydrogens is 534 g/mol. The molecule has 0 radical (unpaired) electrons. The van der Waals surface area contributed by atoms with Crippen LogP contribution in [0.4, 0.5) is 0 Å². The predicted octanol–water partition coefficient (Wildman–Crippen LogP) is 6.79. The van der Waals surface area contributed by atoms with Gasteiger partial charge in [0.25, 0.3) is 0 Å². The molecule has 1 nitrogen and oxygen atoms in total. The van der Waals surface area contributed by atoms with Gasteiger partial charge in [-0.3, -0.25) is 0 Å². The van der Waals surface area contributed by atoms with Gasteiger partial charge in [0.1, 0.15) is 0 Å². The Balaban J connectivity index is 2.08. The van der Waals surface area contributed by atoms with E-state index in [0.29, 0.717) is 10.6 Å². The van der Waals surface area contributed by atoms with Crippen LogP contribution in [0, 0.1) is 0 Å². The third-order valence-corrected chi connectivity index (χ3v) is 19.4. The first-order chi connectivity index (χ1) is 15.0. The van der Waals surface area contributed by atoms with Crippen LogP contribution in [0.3, 0.4) is 0 Å². The molecule has 1 unspecified atom stereocenters. The molecule has 4 rings (SSSR count). The van der Waals surface area contributed by atoms with Gasteiger partial charge in [0, 0.05) is 0 Å². The Labute approximate surface area is 201 Å². The zero-order valence-corrected chi connectivity index (χ0v) is 21.0. The summed E-state index contributed by atoms with van der Waals surface area (Å²) in [4.78, 5) is 14.0. The maximum absolute atomic E-state index is 14.0. The van der Waals surface area contributed by atoms with E-state index in [4.69, 9.17) is 11.6 Å². The van der Waals surface area contributed by atoms with Crippen molar-refractivity contribution in [3.05, 3.63) is 126 Å². The van der Waals surface area contributed by atoms with E-state index in [0.717, 1.165) is 0 Å². The van der Waals surface area contributed by atoms with E-state index in [2.05, 4.69) is 102 Å². The Kier molecular flexibility index (Phi) is 6.35. The number of rotatable bonds is 6. The first kappa shape index (κ1) is 22.2. The van der Waals surface area contributed by atoms with Gasteiger partial charge in [0.15, 0.2) is 0 Å². The number of ketones is 1. The van der Waals surface area contributed by atoms with Crippen LogP contribution in [0.25, 0.3) is 0 Å². The van der Waals surface area contributed by atoms with Crippen LogP contribution in [-0.4, -0.2) is 11.4 Å². The van der Waals surface area contributed by atoms with Crippen LogP contribution in [0.5, 0.6) is 0 Å². The summed E-state index contributed by atoms with van der Waals surface area (Å²) in [5.74, 6) is 0.125. The fourth-order valence-corrected chi connectivity index (χ4v) is 13.2. The van der Waals surface area contributed by atoms with E-state index in [1.54, 1.807) is 12.1 Å². The van der Waals surface area contributed by atoms with Crippen molar-refractivity contribution in [3.8, 4) is 0 Å². The molecule has 0 aliphatic carbocycles. The fourth-order valence-electron chi connectivity index (χ4n) is 4.35. The fraction of sp³-hybridized carbons (Fsp3) is 0.0741. The number of Topliss-reactive ketones (excluding diaryl/α,β-unsaturated/α-hetero) is 1. The molecule has 0 aliphatic heterocycles. The van der Waals surface area contributed by atoms with E-state index < -0.39 is 4.25 Å². The predicted molar refractivity (Wildman–Crippen MR) is 144 cm³/mol. The Bertz CT molecular complexity index is 1080. The van der Waals surface area contributed by atoms with Gasteiger partial charge < -0.3 is 0 Å². The normalized spacial score (nSPS) is 13.7. The van der Waals surface area contributed by atoms with Gasteiger partial charge in [-0.15, -0.1) is 0 Å². The second-order valence-electron chi connectivity index (χ2n) is 7.63. The molecule has 0 aliphatic rings. The van der Waals surface area contributed by atoms with Gasteiger partial charge in [-0.05, 0) is 0 Å². The second kappa shape index (κ2) is 8.86. The van der Waals surface area contributed by atoms with E-state index in [1.807, 2.05) is 30.3 Å². The van der Waals surface area contributed by atoms with Crippen LogP contribution in [0.1, 0.15) is 17.3 Å².